The number of hydrogen-bond acceptors (Lipinski definition) is 7. The van der Waals surface area contributed by atoms with Crippen molar-refractivity contribution in [3.05, 3.63) is 82.5 Å². The summed E-state index contributed by atoms with van der Waals surface area (Å²) in [6.07, 6.45) is 6.92. The maximum absolute atomic E-state index is 13.1. The van der Waals surface area contributed by atoms with E-state index in [0.717, 1.165) is 36.8 Å². The van der Waals surface area contributed by atoms with Crippen molar-refractivity contribution in [3.8, 4) is 28.4 Å². The van der Waals surface area contributed by atoms with Crippen molar-refractivity contribution in [2.24, 2.45) is 0 Å². The van der Waals surface area contributed by atoms with Gasteiger partial charge in [-0.05, 0) is 66.9 Å². The third-order valence-electron chi connectivity index (χ3n) is 6.72. The highest BCUT2D eigenvalue weighted by molar-refractivity contribution is 5.86. The monoisotopic (exact) mass is 472 g/mol. The molecule has 35 heavy (non-hydrogen) atoms. The zero-order valence-corrected chi connectivity index (χ0v) is 19.9. The molecule has 0 amide bonds. The summed E-state index contributed by atoms with van der Waals surface area (Å²) in [4.78, 5) is 19.7. The maximum atomic E-state index is 13.1. The van der Waals surface area contributed by atoms with Gasteiger partial charge in [-0.3, -0.25) is 9.88 Å². The summed E-state index contributed by atoms with van der Waals surface area (Å²) in [5.41, 5.74) is 2.80. The van der Waals surface area contributed by atoms with E-state index in [4.69, 9.17) is 13.9 Å². The number of methoxy groups -OCH3 is 2. The van der Waals surface area contributed by atoms with Crippen LogP contribution in [0.25, 0.3) is 22.1 Å². The van der Waals surface area contributed by atoms with Gasteiger partial charge in [-0.1, -0.05) is 18.6 Å². The lowest BCUT2D eigenvalue weighted by atomic mass is 9.95. The lowest BCUT2D eigenvalue weighted by Crippen LogP contribution is -2.33. The second-order valence-corrected chi connectivity index (χ2v) is 8.77. The first kappa shape index (κ1) is 22.9. The summed E-state index contributed by atoms with van der Waals surface area (Å²) < 4.78 is 16.5. The summed E-state index contributed by atoms with van der Waals surface area (Å²) in [5.74, 6) is 1.23. The number of likely N-dealkylation sites (tertiary alicyclic amines) is 1. The van der Waals surface area contributed by atoms with Crippen LogP contribution in [0, 0.1) is 0 Å². The molecule has 2 aromatic carbocycles. The zero-order valence-electron chi connectivity index (χ0n) is 19.9. The molecule has 1 atom stereocenters. The second kappa shape index (κ2) is 9.80. The number of pyridine rings is 1. The molecule has 1 aliphatic heterocycles. The number of fused-ring (bicyclic) bond motifs is 1. The van der Waals surface area contributed by atoms with Crippen LogP contribution in [0.5, 0.6) is 17.2 Å². The predicted molar refractivity (Wildman–Crippen MR) is 134 cm³/mol. The fraction of sp³-hybridized carbons (Fsp3) is 0.286. The SMILES string of the molecule is COc1ccc(-c2cc3ccc(O)c(CN4CCCC[C@@H]4c4cccnc4)c3oc2=O)cc1OC. The standard InChI is InChI=1S/C28H28N2O5/c1-33-25-11-9-18(15-26(25)34-2)21-14-19-8-10-24(31)22(27(19)35-28(21)32)17-30-13-4-3-7-23(30)20-6-5-12-29-16-20/h5-6,8-12,14-16,23,31H,3-4,7,13,17H2,1-2H3/t23-/m1/s1. The van der Waals surface area contributed by atoms with E-state index >= 15 is 0 Å². The van der Waals surface area contributed by atoms with Crippen LogP contribution in [-0.2, 0) is 6.54 Å². The van der Waals surface area contributed by atoms with Crippen molar-refractivity contribution in [2.75, 3.05) is 20.8 Å². The highest BCUT2D eigenvalue weighted by Gasteiger charge is 2.26. The first-order valence-electron chi connectivity index (χ1n) is 11.7. The molecule has 1 aliphatic rings. The lowest BCUT2D eigenvalue weighted by Gasteiger charge is -2.36. The molecule has 0 spiro atoms. The smallest absolute Gasteiger partial charge is 0.344 e. The average molecular weight is 473 g/mol. The van der Waals surface area contributed by atoms with Gasteiger partial charge >= 0.3 is 5.63 Å². The molecule has 7 nitrogen and oxygen atoms in total. The van der Waals surface area contributed by atoms with E-state index in [1.54, 1.807) is 56.8 Å². The number of aromatic hydroxyl groups is 1. The van der Waals surface area contributed by atoms with Crippen molar-refractivity contribution in [1.29, 1.82) is 0 Å². The van der Waals surface area contributed by atoms with Crippen LogP contribution < -0.4 is 15.1 Å². The fourth-order valence-corrected chi connectivity index (χ4v) is 4.92. The van der Waals surface area contributed by atoms with Gasteiger partial charge < -0.3 is 19.0 Å². The lowest BCUT2D eigenvalue weighted by molar-refractivity contribution is 0.139. The van der Waals surface area contributed by atoms with Gasteiger partial charge in [0.25, 0.3) is 0 Å². The Kier molecular flexibility index (Phi) is 6.42. The Labute approximate surface area is 203 Å². The molecule has 4 aromatic rings. The minimum Gasteiger partial charge on any atom is -0.507 e. The van der Waals surface area contributed by atoms with Crippen molar-refractivity contribution in [2.45, 2.75) is 31.8 Å². The molecule has 3 heterocycles. The van der Waals surface area contributed by atoms with Crippen molar-refractivity contribution in [3.63, 3.8) is 0 Å². The Morgan fingerprint density at radius 2 is 1.94 bits per heavy atom. The van der Waals surface area contributed by atoms with E-state index in [1.807, 2.05) is 12.3 Å². The Bertz CT molecular complexity index is 1400. The maximum Gasteiger partial charge on any atom is 0.344 e. The first-order chi connectivity index (χ1) is 17.1. The largest absolute Gasteiger partial charge is 0.507 e. The van der Waals surface area contributed by atoms with E-state index in [0.29, 0.717) is 40.3 Å². The van der Waals surface area contributed by atoms with Gasteiger partial charge in [-0.2, -0.15) is 0 Å². The number of hydrogen-bond donors (Lipinski definition) is 1. The van der Waals surface area contributed by atoms with Gasteiger partial charge in [0, 0.05) is 30.4 Å². The van der Waals surface area contributed by atoms with Gasteiger partial charge in [0.2, 0.25) is 0 Å². The molecule has 0 unspecified atom stereocenters. The number of nitrogens with zero attached hydrogens (tertiary/aromatic N) is 2. The molecule has 1 N–H and O–H groups in total. The summed E-state index contributed by atoms with van der Waals surface area (Å²) in [5, 5.41) is 11.5. The third kappa shape index (κ3) is 4.47. The summed E-state index contributed by atoms with van der Waals surface area (Å²) in [7, 11) is 3.12. The Morgan fingerprint density at radius 1 is 1.09 bits per heavy atom. The molecule has 0 aliphatic carbocycles. The highest BCUT2D eigenvalue weighted by Crippen LogP contribution is 2.37. The zero-order chi connectivity index (χ0) is 24.4. The van der Waals surface area contributed by atoms with Gasteiger partial charge in [-0.15, -0.1) is 0 Å². The minimum absolute atomic E-state index is 0.120. The molecule has 0 bridgehead atoms. The summed E-state index contributed by atoms with van der Waals surface area (Å²) in [6.45, 7) is 1.37. The fourth-order valence-electron chi connectivity index (χ4n) is 4.92. The number of piperidine rings is 1. The van der Waals surface area contributed by atoms with Crippen LogP contribution in [0.15, 0.2) is 70.1 Å². The molecule has 1 saturated heterocycles. The minimum atomic E-state index is -0.473. The predicted octanol–water partition coefficient (Wildman–Crippen LogP) is 5.31. The summed E-state index contributed by atoms with van der Waals surface area (Å²) >= 11 is 0. The number of ether oxygens (including phenoxy) is 2. The molecule has 1 fully saturated rings. The van der Waals surface area contributed by atoms with Gasteiger partial charge in [0.1, 0.15) is 11.3 Å². The summed E-state index contributed by atoms with van der Waals surface area (Å²) in [6, 6.07) is 14.8. The Balaban J connectivity index is 1.54. The van der Waals surface area contributed by atoms with Crippen molar-refractivity contribution in [1.82, 2.24) is 9.88 Å². The van der Waals surface area contributed by atoms with E-state index in [1.165, 1.54) is 0 Å². The molecule has 5 rings (SSSR count). The van der Waals surface area contributed by atoms with Crippen molar-refractivity contribution < 1.29 is 19.0 Å². The van der Waals surface area contributed by atoms with Crippen LogP contribution >= 0.6 is 0 Å². The number of phenols is 1. The Morgan fingerprint density at radius 3 is 2.71 bits per heavy atom. The molecular formula is C28H28N2O5. The van der Waals surface area contributed by atoms with Gasteiger partial charge in [-0.25, -0.2) is 4.79 Å². The molecule has 0 radical (unpaired) electrons. The van der Waals surface area contributed by atoms with Crippen LogP contribution in [-0.4, -0.2) is 35.8 Å². The van der Waals surface area contributed by atoms with E-state index in [9.17, 15) is 9.90 Å². The molecule has 0 saturated carbocycles. The first-order valence-corrected chi connectivity index (χ1v) is 11.7. The van der Waals surface area contributed by atoms with Crippen LogP contribution in [0.2, 0.25) is 0 Å². The number of rotatable bonds is 6. The normalized spacial score (nSPS) is 16.3. The third-order valence-corrected chi connectivity index (χ3v) is 6.72. The van der Waals surface area contributed by atoms with Gasteiger partial charge in [0.15, 0.2) is 11.5 Å². The van der Waals surface area contributed by atoms with E-state index in [-0.39, 0.29) is 11.8 Å². The highest BCUT2D eigenvalue weighted by atomic mass is 16.5. The Hall–Kier alpha value is -3.84. The number of phenolic OH excluding ortho intramolecular Hbond substituents is 1. The van der Waals surface area contributed by atoms with Crippen molar-refractivity contribution >= 4 is 11.0 Å². The second-order valence-electron chi connectivity index (χ2n) is 8.77. The average Bonchev–Trinajstić information content (AvgIpc) is 2.90. The molecular weight excluding hydrogens is 444 g/mol. The van der Waals surface area contributed by atoms with Crippen LogP contribution in [0.1, 0.15) is 36.4 Å². The van der Waals surface area contributed by atoms with E-state index < -0.39 is 5.63 Å². The van der Waals surface area contributed by atoms with Gasteiger partial charge in [0.05, 0.1) is 25.3 Å². The quantitative estimate of drug-likeness (QED) is 0.381. The number of aromatic nitrogens is 1. The topological polar surface area (TPSA) is 85.0 Å². The molecule has 7 heteroatoms. The molecule has 2 aromatic heterocycles. The van der Waals surface area contributed by atoms with Crippen LogP contribution in [0.4, 0.5) is 0 Å². The van der Waals surface area contributed by atoms with Crippen LogP contribution in [0.3, 0.4) is 0 Å². The number of benzene rings is 2. The molecule has 180 valence electrons. The van der Waals surface area contributed by atoms with E-state index in [2.05, 4.69) is 16.0 Å².